The molecule has 4 nitrogen and oxygen atoms in total. The van der Waals surface area contributed by atoms with Crippen LogP contribution in [0.2, 0.25) is 0 Å². The van der Waals surface area contributed by atoms with Crippen molar-refractivity contribution in [3.8, 4) is 11.5 Å². The Bertz CT molecular complexity index is 427. The highest BCUT2D eigenvalue weighted by atomic mass is 16.5. The van der Waals surface area contributed by atoms with Gasteiger partial charge in [0.05, 0.1) is 20.8 Å². The monoisotopic (exact) mass is 251 g/mol. The molecule has 0 heterocycles. The van der Waals surface area contributed by atoms with E-state index in [0.29, 0.717) is 13.2 Å². The van der Waals surface area contributed by atoms with Gasteiger partial charge in [-0.15, -0.1) is 0 Å². The molecule has 1 aromatic rings. The molecule has 0 aliphatic heterocycles. The second-order valence-electron chi connectivity index (χ2n) is 4.79. The zero-order valence-electron chi connectivity index (χ0n) is 11.3. The number of hydrogen-bond acceptors (Lipinski definition) is 4. The molecule has 1 aliphatic rings. The molecule has 4 heteroatoms. The molecule has 100 valence electrons. The number of methoxy groups -OCH3 is 3. The Hall–Kier alpha value is -1.26. The van der Waals surface area contributed by atoms with Crippen molar-refractivity contribution in [2.75, 3.05) is 27.9 Å². The van der Waals surface area contributed by atoms with E-state index < -0.39 is 0 Å². The molecule has 1 fully saturated rings. The molecule has 0 unspecified atom stereocenters. The van der Waals surface area contributed by atoms with Crippen LogP contribution in [0.1, 0.15) is 24.0 Å². The zero-order valence-corrected chi connectivity index (χ0v) is 11.3. The van der Waals surface area contributed by atoms with Gasteiger partial charge in [0, 0.05) is 24.6 Å². The van der Waals surface area contributed by atoms with Gasteiger partial charge in [0.25, 0.3) is 0 Å². The molecule has 18 heavy (non-hydrogen) atoms. The smallest absolute Gasteiger partial charge is 0.166 e. The number of nitrogens with two attached hydrogens (primary N) is 1. The van der Waals surface area contributed by atoms with Crippen LogP contribution in [0.5, 0.6) is 11.5 Å². The molecule has 1 aliphatic carbocycles. The molecule has 0 amide bonds. The fraction of sp³-hybridized carbons (Fsp3) is 0.571. The quantitative estimate of drug-likeness (QED) is 0.838. The summed E-state index contributed by atoms with van der Waals surface area (Å²) in [5, 5.41) is 0. The minimum absolute atomic E-state index is 0.141. The first kappa shape index (κ1) is 13.2. The van der Waals surface area contributed by atoms with Gasteiger partial charge in [-0.05, 0) is 30.5 Å². The Morgan fingerprint density at radius 1 is 1.17 bits per heavy atom. The molecule has 1 saturated carbocycles. The van der Waals surface area contributed by atoms with Crippen LogP contribution >= 0.6 is 0 Å². The van der Waals surface area contributed by atoms with Crippen LogP contribution in [-0.4, -0.2) is 27.9 Å². The molecule has 2 rings (SSSR count). The number of ether oxygens (including phenoxy) is 3. The fourth-order valence-electron chi connectivity index (χ4n) is 2.37. The van der Waals surface area contributed by atoms with Crippen LogP contribution in [0, 0.1) is 0 Å². The first-order valence-electron chi connectivity index (χ1n) is 6.15. The molecule has 0 saturated heterocycles. The average molecular weight is 251 g/mol. The summed E-state index contributed by atoms with van der Waals surface area (Å²) in [6, 6.07) is 4.17. The van der Waals surface area contributed by atoms with Crippen molar-refractivity contribution in [3.05, 3.63) is 23.3 Å². The summed E-state index contributed by atoms with van der Waals surface area (Å²) in [5.74, 6) is 1.50. The Kier molecular flexibility index (Phi) is 3.78. The maximum absolute atomic E-state index is 5.88. The van der Waals surface area contributed by atoms with Crippen molar-refractivity contribution in [3.63, 3.8) is 0 Å². The van der Waals surface area contributed by atoms with Gasteiger partial charge >= 0.3 is 0 Å². The van der Waals surface area contributed by atoms with Crippen LogP contribution in [0.4, 0.5) is 0 Å². The normalized spacial score (nSPS) is 16.4. The van der Waals surface area contributed by atoms with Crippen molar-refractivity contribution in [1.29, 1.82) is 0 Å². The van der Waals surface area contributed by atoms with Crippen molar-refractivity contribution in [1.82, 2.24) is 0 Å². The highest BCUT2D eigenvalue weighted by molar-refractivity contribution is 5.52. The van der Waals surface area contributed by atoms with E-state index in [4.69, 9.17) is 19.9 Å². The molecule has 0 atom stereocenters. The van der Waals surface area contributed by atoms with Gasteiger partial charge in [-0.2, -0.15) is 0 Å². The summed E-state index contributed by atoms with van der Waals surface area (Å²) in [6.07, 6.45) is 2.29. The Morgan fingerprint density at radius 3 is 2.33 bits per heavy atom. The summed E-state index contributed by atoms with van der Waals surface area (Å²) in [5.41, 5.74) is 8.26. The fourth-order valence-corrected chi connectivity index (χ4v) is 2.37. The summed E-state index contributed by atoms with van der Waals surface area (Å²) >= 11 is 0. The minimum atomic E-state index is 0.141. The molecule has 0 spiro atoms. The van der Waals surface area contributed by atoms with E-state index in [-0.39, 0.29) is 5.41 Å². The van der Waals surface area contributed by atoms with Gasteiger partial charge in [-0.25, -0.2) is 0 Å². The van der Waals surface area contributed by atoms with Crippen LogP contribution in [0.25, 0.3) is 0 Å². The Balaban J connectivity index is 2.46. The number of rotatable bonds is 6. The predicted molar refractivity (Wildman–Crippen MR) is 70.2 cm³/mol. The molecule has 0 aromatic heterocycles. The van der Waals surface area contributed by atoms with E-state index in [0.717, 1.165) is 29.9 Å². The van der Waals surface area contributed by atoms with Gasteiger partial charge in [0.2, 0.25) is 0 Å². The molecule has 0 radical (unpaired) electrons. The first-order valence-corrected chi connectivity index (χ1v) is 6.15. The van der Waals surface area contributed by atoms with E-state index >= 15 is 0 Å². The van der Waals surface area contributed by atoms with Gasteiger partial charge in [-0.1, -0.05) is 0 Å². The van der Waals surface area contributed by atoms with Crippen molar-refractivity contribution in [2.24, 2.45) is 5.73 Å². The third kappa shape index (κ3) is 2.18. The van der Waals surface area contributed by atoms with E-state index in [1.165, 1.54) is 5.56 Å². The Labute approximate surface area is 108 Å². The molecule has 1 aromatic carbocycles. The van der Waals surface area contributed by atoms with Gasteiger partial charge in [-0.3, -0.25) is 0 Å². The summed E-state index contributed by atoms with van der Waals surface area (Å²) in [4.78, 5) is 0. The third-order valence-electron chi connectivity index (χ3n) is 3.71. The van der Waals surface area contributed by atoms with Crippen LogP contribution in [0.15, 0.2) is 12.1 Å². The number of hydrogen-bond donors (Lipinski definition) is 1. The average Bonchev–Trinajstić information content (AvgIpc) is 3.19. The maximum atomic E-state index is 5.88. The van der Waals surface area contributed by atoms with Crippen molar-refractivity contribution in [2.45, 2.75) is 24.9 Å². The lowest BCUT2D eigenvalue weighted by molar-refractivity contribution is 0.180. The predicted octanol–water partition coefficient (Wildman–Crippen LogP) is 1.84. The standard InChI is InChI=1S/C14H21NO3/c1-16-8-10-6-11(14(9-15)4-5-14)7-12(17-2)13(10)18-3/h6-7H,4-5,8-9,15H2,1-3H3. The van der Waals surface area contributed by atoms with Gasteiger partial charge in [0.15, 0.2) is 11.5 Å². The van der Waals surface area contributed by atoms with Gasteiger partial charge in [0.1, 0.15) is 0 Å². The molecular weight excluding hydrogens is 230 g/mol. The van der Waals surface area contributed by atoms with Crippen LogP contribution in [0.3, 0.4) is 0 Å². The number of benzene rings is 1. The van der Waals surface area contributed by atoms with Gasteiger partial charge < -0.3 is 19.9 Å². The molecular formula is C14H21NO3. The SMILES string of the molecule is COCc1cc(C2(CN)CC2)cc(OC)c1OC. The maximum Gasteiger partial charge on any atom is 0.166 e. The second-order valence-corrected chi connectivity index (χ2v) is 4.79. The zero-order chi connectivity index (χ0) is 13.2. The van der Waals surface area contributed by atoms with Crippen LogP contribution in [-0.2, 0) is 16.8 Å². The summed E-state index contributed by atoms with van der Waals surface area (Å²) in [7, 11) is 4.97. The molecule has 2 N–H and O–H groups in total. The summed E-state index contributed by atoms with van der Waals surface area (Å²) < 4.78 is 16.0. The van der Waals surface area contributed by atoms with Crippen LogP contribution < -0.4 is 15.2 Å². The third-order valence-corrected chi connectivity index (χ3v) is 3.71. The van der Waals surface area contributed by atoms with E-state index in [2.05, 4.69) is 6.07 Å². The topological polar surface area (TPSA) is 53.7 Å². The van der Waals surface area contributed by atoms with Crippen molar-refractivity contribution >= 4 is 0 Å². The highest BCUT2D eigenvalue weighted by Crippen LogP contribution is 2.49. The van der Waals surface area contributed by atoms with E-state index in [1.807, 2.05) is 6.07 Å². The first-order chi connectivity index (χ1) is 8.70. The summed E-state index contributed by atoms with van der Waals surface area (Å²) in [6.45, 7) is 1.18. The lowest BCUT2D eigenvalue weighted by atomic mass is 9.93. The highest BCUT2D eigenvalue weighted by Gasteiger charge is 2.43. The van der Waals surface area contributed by atoms with Crippen molar-refractivity contribution < 1.29 is 14.2 Å². The minimum Gasteiger partial charge on any atom is -0.493 e. The lowest BCUT2D eigenvalue weighted by Crippen LogP contribution is -2.20. The Morgan fingerprint density at radius 2 is 1.89 bits per heavy atom. The largest absolute Gasteiger partial charge is 0.493 e. The lowest BCUT2D eigenvalue weighted by Gasteiger charge is -2.19. The van der Waals surface area contributed by atoms with E-state index in [1.54, 1.807) is 21.3 Å². The second kappa shape index (κ2) is 5.16. The molecule has 0 bridgehead atoms. The van der Waals surface area contributed by atoms with E-state index in [9.17, 15) is 0 Å².